The zero-order valence-electron chi connectivity index (χ0n) is 12.4. The molecule has 1 fully saturated rings. The number of methoxy groups -OCH3 is 1. The van der Waals surface area contributed by atoms with Gasteiger partial charge in [0.1, 0.15) is 0 Å². The molecule has 1 aromatic rings. The summed E-state index contributed by atoms with van der Waals surface area (Å²) < 4.78 is 6.90. The molecule has 0 spiro atoms. The number of carbonyl (C=O) groups is 1. The predicted molar refractivity (Wildman–Crippen MR) is 87.2 cm³/mol. The highest BCUT2D eigenvalue weighted by Gasteiger charge is 2.38. The van der Waals surface area contributed by atoms with Gasteiger partial charge in [-0.2, -0.15) is 0 Å². The maximum Gasteiger partial charge on any atom is 0.337 e. The zero-order valence-corrected chi connectivity index (χ0v) is 14.0. The summed E-state index contributed by atoms with van der Waals surface area (Å²) in [4.78, 5) is 23.0. The topological polar surface area (TPSA) is 84.0 Å². The molecule has 2 N–H and O–H groups in total. The van der Waals surface area contributed by atoms with E-state index in [1.54, 1.807) is 17.5 Å². The fourth-order valence-corrected chi connectivity index (χ4v) is 3.67. The lowest BCUT2D eigenvalue weighted by molar-refractivity contribution is -0.136. The minimum atomic E-state index is -0.314. The van der Waals surface area contributed by atoms with E-state index in [0.29, 0.717) is 12.1 Å². The maximum absolute atomic E-state index is 12.0. The van der Waals surface area contributed by atoms with Crippen molar-refractivity contribution in [2.75, 3.05) is 27.2 Å². The van der Waals surface area contributed by atoms with E-state index in [2.05, 4.69) is 14.9 Å². The van der Waals surface area contributed by atoms with Crippen LogP contribution in [-0.4, -0.2) is 59.3 Å². The molecule has 0 amide bonds. The quantitative estimate of drug-likeness (QED) is 0.643. The zero-order chi connectivity index (χ0) is 15.7. The van der Waals surface area contributed by atoms with E-state index in [1.165, 1.54) is 19.2 Å². The lowest BCUT2D eigenvalue weighted by atomic mass is 10.1. The first-order valence-electron chi connectivity index (χ1n) is 6.77. The second-order valence-electron chi connectivity index (χ2n) is 5.01. The maximum atomic E-state index is 12.0. The predicted octanol–water partition coefficient (Wildman–Crippen LogP) is 0.858. The normalized spacial score (nSPS) is 21.2. The van der Waals surface area contributed by atoms with Crippen LogP contribution in [0.15, 0.2) is 27.8 Å². The van der Waals surface area contributed by atoms with Crippen molar-refractivity contribution in [3.63, 3.8) is 0 Å². The third-order valence-corrected chi connectivity index (χ3v) is 5.27. The molecule has 0 saturated carbocycles. The Morgan fingerprint density at radius 2 is 2.45 bits per heavy atom. The van der Waals surface area contributed by atoms with Gasteiger partial charge in [0, 0.05) is 48.4 Å². The molecule has 2 aliphatic heterocycles. The van der Waals surface area contributed by atoms with Gasteiger partial charge in [0.05, 0.1) is 19.2 Å². The van der Waals surface area contributed by atoms with E-state index in [9.17, 15) is 4.79 Å². The Balaban J connectivity index is 1.96. The Kier molecular flexibility index (Phi) is 4.48. The van der Waals surface area contributed by atoms with Crippen molar-refractivity contribution in [3.05, 3.63) is 27.9 Å². The number of ether oxygens (including phenoxy) is 1. The van der Waals surface area contributed by atoms with Crippen LogP contribution in [0, 0.1) is 0 Å². The number of amidine groups is 1. The number of aliphatic imine (C=N–C) groups is 1. The van der Waals surface area contributed by atoms with Crippen LogP contribution in [0.5, 0.6) is 0 Å². The Morgan fingerprint density at radius 1 is 1.64 bits per heavy atom. The summed E-state index contributed by atoms with van der Waals surface area (Å²) in [6, 6.07) is 0.216. The third-order valence-electron chi connectivity index (χ3n) is 3.87. The summed E-state index contributed by atoms with van der Waals surface area (Å²) in [7, 11) is 3.35. The molecule has 1 aromatic heterocycles. The molecule has 3 rings (SSSR count). The summed E-state index contributed by atoms with van der Waals surface area (Å²) in [5.41, 5.74) is 1.60. The van der Waals surface area contributed by atoms with Crippen LogP contribution < -0.4 is 5.14 Å². The average molecular weight is 339 g/mol. The summed E-state index contributed by atoms with van der Waals surface area (Å²) in [6.07, 6.45) is 2.51. The Bertz CT molecular complexity index is 628. The number of esters is 1. The van der Waals surface area contributed by atoms with Gasteiger partial charge in [-0.1, -0.05) is 0 Å². The molecule has 0 aromatic carbocycles. The number of nitrogens with two attached hydrogens (primary N) is 1. The Hall–Kier alpha value is -1.42. The number of thiazole rings is 1. The summed E-state index contributed by atoms with van der Waals surface area (Å²) >= 11 is 2.74. The standard InChI is InChI=1S/C13H17N5O2S2/c1-17(22-14)8-5-10-9(13(19)20-2)6-16-11(18(10)7-8)12-15-3-4-21-12/h3-4,8H,5-7,14H2,1-2H3/t8-/m0/s1. The molecule has 118 valence electrons. The van der Waals surface area contributed by atoms with Crippen LogP contribution in [0.3, 0.4) is 0 Å². The van der Waals surface area contributed by atoms with E-state index in [4.69, 9.17) is 9.88 Å². The largest absolute Gasteiger partial charge is 0.466 e. The minimum Gasteiger partial charge on any atom is -0.466 e. The smallest absolute Gasteiger partial charge is 0.337 e. The first-order valence-corrected chi connectivity index (χ1v) is 8.49. The average Bonchev–Trinajstić information content (AvgIpc) is 3.21. The highest BCUT2D eigenvalue weighted by molar-refractivity contribution is 7.94. The monoisotopic (exact) mass is 339 g/mol. The molecule has 1 atom stereocenters. The van der Waals surface area contributed by atoms with Gasteiger partial charge in [0.15, 0.2) is 10.8 Å². The lowest BCUT2D eigenvalue weighted by Gasteiger charge is -2.27. The number of carbonyl (C=O) groups excluding carboxylic acids is 1. The molecule has 1 saturated heterocycles. The fourth-order valence-electron chi connectivity index (χ4n) is 2.70. The van der Waals surface area contributed by atoms with Gasteiger partial charge in [-0.25, -0.2) is 14.1 Å². The van der Waals surface area contributed by atoms with Crippen LogP contribution in [0.25, 0.3) is 0 Å². The molecular formula is C13H17N5O2S2. The number of likely N-dealkylation sites (N-methyl/N-ethyl adjacent to an activating group) is 1. The van der Waals surface area contributed by atoms with Gasteiger partial charge in [0.25, 0.3) is 0 Å². The van der Waals surface area contributed by atoms with Crippen molar-refractivity contribution < 1.29 is 9.53 Å². The van der Waals surface area contributed by atoms with Crippen LogP contribution in [-0.2, 0) is 9.53 Å². The molecule has 0 unspecified atom stereocenters. The van der Waals surface area contributed by atoms with Crippen molar-refractivity contribution >= 4 is 35.3 Å². The van der Waals surface area contributed by atoms with Crippen LogP contribution >= 0.6 is 23.5 Å². The molecular weight excluding hydrogens is 322 g/mol. The number of nitrogens with zero attached hydrogens (tertiary/aromatic N) is 4. The highest BCUT2D eigenvalue weighted by atomic mass is 32.2. The Labute approximate surface area is 137 Å². The van der Waals surface area contributed by atoms with E-state index < -0.39 is 0 Å². The van der Waals surface area contributed by atoms with Gasteiger partial charge < -0.3 is 9.64 Å². The van der Waals surface area contributed by atoms with Crippen LogP contribution in [0.2, 0.25) is 0 Å². The molecule has 7 nitrogen and oxygen atoms in total. The Morgan fingerprint density at radius 3 is 3.09 bits per heavy atom. The van der Waals surface area contributed by atoms with Crippen molar-refractivity contribution in [1.29, 1.82) is 0 Å². The molecule has 2 aliphatic rings. The van der Waals surface area contributed by atoms with E-state index in [-0.39, 0.29) is 12.0 Å². The summed E-state index contributed by atoms with van der Waals surface area (Å²) in [5.74, 6) is 0.515. The van der Waals surface area contributed by atoms with Gasteiger partial charge >= 0.3 is 5.97 Å². The molecule has 22 heavy (non-hydrogen) atoms. The highest BCUT2D eigenvalue weighted by Crippen LogP contribution is 2.34. The molecule has 9 heteroatoms. The van der Waals surface area contributed by atoms with Gasteiger partial charge in [-0.05, 0) is 7.05 Å². The van der Waals surface area contributed by atoms with Gasteiger partial charge in [-0.3, -0.25) is 10.1 Å². The molecule has 0 bridgehead atoms. The van der Waals surface area contributed by atoms with Crippen LogP contribution in [0.4, 0.5) is 0 Å². The molecule has 3 heterocycles. The van der Waals surface area contributed by atoms with Crippen LogP contribution in [0.1, 0.15) is 11.4 Å². The fraction of sp³-hybridized carbons (Fsp3) is 0.462. The first-order chi connectivity index (χ1) is 10.7. The number of hydrogen-bond acceptors (Lipinski definition) is 9. The number of fused-ring (bicyclic) bond motifs is 1. The minimum absolute atomic E-state index is 0.216. The molecule has 0 radical (unpaired) electrons. The number of rotatable bonds is 4. The van der Waals surface area contributed by atoms with E-state index >= 15 is 0 Å². The second kappa shape index (κ2) is 6.37. The summed E-state index contributed by atoms with van der Waals surface area (Å²) in [5, 5.41) is 8.46. The van der Waals surface area contributed by atoms with E-state index in [0.717, 1.165) is 29.5 Å². The SMILES string of the molecule is COC(=O)C1=C2C[C@H](N(C)SN)CN2C(c2nccs2)=NC1. The van der Waals surface area contributed by atoms with Crippen molar-refractivity contribution in [2.45, 2.75) is 12.5 Å². The van der Waals surface area contributed by atoms with Crippen molar-refractivity contribution in [2.24, 2.45) is 10.1 Å². The number of hydrogen-bond donors (Lipinski definition) is 1. The third kappa shape index (κ3) is 2.65. The van der Waals surface area contributed by atoms with Crippen molar-refractivity contribution in [3.8, 4) is 0 Å². The number of aromatic nitrogens is 1. The first kappa shape index (κ1) is 15.5. The van der Waals surface area contributed by atoms with Gasteiger partial charge in [-0.15, -0.1) is 11.3 Å². The van der Waals surface area contributed by atoms with E-state index in [1.807, 2.05) is 16.7 Å². The van der Waals surface area contributed by atoms with Gasteiger partial charge in [0.2, 0.25) is 0 Å². The second-order valence-corrected chi connectivity index (χ2v) is 6.70. The van der Waals surface area contributed by atoms with Crippen molar-refractivity contribution in [1.82, 2.24) is 14.2 Å². The summed E-state index contributed by atoms with van der Waals surface area (Å²) in [6.45, 7) is 1.06. The lowest BCUT2D eigenvalue weighted by Crippen LogP contribution is -2.36. The molecule has 0 aliphatic carbocycles.